The molecule has 5 nitrogen and oxygen atoms in total. The van der Waals surface area contributed by atoms with Crippen LogP contribution in [-0.2, 0) is 17.5 Å². The Labute approximate surface area is 181 Å². The number of alkyl carbamates (subject to hydrolysis) is 1. The van der Waals surface area contributed by atoms with Crippen molar-refractivity contribution in [2.24, 2.45) is 11.8 Å². The van der Waals surface area contributed by atoms with Gasteiger partial charge in [0.1, 0.15) is 5.60 Å². The van der Waals surface area contributed by atoms with E-state index in [-0.39, 0.29) is 24.9 Å². The highest BCUT2D eigenvalue weighted by molar-refractivity contribution is 5.68. The smallest absolute Gasteiger partial charge is 0.416 e. The zero-order chi connectivity index (χ0) is 23.2. The van der Waals surface area contributed by atoms with Crippen LogP contribution in [0.5, 0.6) is 0 Å². The Hall–Kier alpha value is -2.32. The molecular weight excluding hydrogens is 409 g/mol. The van der Waals surface area contributed by atoms with Crippen molar-refractivity contribution in [3.63, 3.8) is 0 Å². The average Bonchev–Trinajstić information content (AvgIpc) is 2.65. The molecule has 0 saturated heterocycles. The number of benzene rings is 1. The molecule has 0 saturated carbocycles. The molecule has 0 aromatic heterocycles. The number of halogens is 3. The quantitative estimate of drug-likeness (QED) is 0.587. The lowest BCUT2D eigenvalue weighted by atomic mass is 9.81. The van der Waals surface area contributed by atoms with E-state index in [1.165, 1.54) is 6.07 Å². The maximum Gasteiger partial charge on any atom is 0.416 e. The van der Waals surface area contributed by atoms with Crippen molar-refractivity contribution in [1.29, 1.82) is 0 Å². The summed E-state index contributed by atoms with van der Waals surface area (Å²) in [7, 11) is 0. The van der Waals surface area contributed by atoms with Gasteiger partial charge in [-0.25, -0.2) is 4.79 Å². The molecule has 0 aliphatic heterocycles. The molecule has 8 heteroatoms. The summed E-state index contributed by atoms with van der Waals surface area (Å²) in [6, 6.07) is 4.39. The number of hydrogen-bond acceptors (Lipinski definition) is 4. The summed E-state index contributed by atoms with van der Waals surface area (Å²) in [5.74, 6) is -0.0917. The molecule has 1 aromatic carbocycles. The van der Waals surface area contributed by atoms with Crippen LogP contribution in [0, 0.1) is 11.8 Å². The van der Waals surface area contributed by atoms with E-state index in [2.05, 4.69) is 10.6 Å². The van der Waals surface area contributed by atoms with Gasteiger partial charge in [-0.05, 0) is 38.3 Å². The number of rotatable bonds is 7. The van der Waals surface area contributed by atoms with Crippen molar-refractivity contribution >= 4 is 6.09 Å². The van der Waals surface area contributed by atoms with Crippen molar-refractivity contribution in [3.05, 3.63) is 59.7 Å². The normalized spacial score (nSPS) is 20.9. The van der Waals surface area contributed by atoms with Crippen molar-refractivity contribution in [2.45, 2.75) is 58.2 Å². The van der Waals surface area contributed by atoms with Crippen molar-refractivity contribution in [2.75, 3.05) is 6.54 Å². The number of amides is 1. The Morgan fingerprint density at radius 2 is 1.87 bits per heavy atom. The number of hydrogen-bond donors (Lipinski definition) is 3. The maximum absolute atomic E-state index is 12.9. The lowest BCUT2D eigenvalue weighted by molar-refractivity contribution is -0.137. The first kappa shape index (κ1) is 24.9. The fourth-order valence-electron chi connectivity index (χ4n) is 3.42. The van der Waals surface area contributed by atoms with Gasteiger partial charge in [0.15, 0.2) is 0 Å². The molecule has 0 spiro atoms. The highest BCUT2D eigenvalue weighted by Gasteiger charge is 2.33. The molecule has 3 N–H and O–H groups in total. The fourth-order valence-corrected chi connectivity index (χ4v) is 3.42. The number of nitrogens with one attached hydrogen (secondary N) is 2. The van der Waals surface area contributed by atoms with Crippen molar-refractivity contribution in [3.8, 4) is 0 Å². The van der Waals surface area contributed by atoms with Gasteiger partial charge in [-0.15, -0.1) is 0 Å². The van der Waals surface area contributed by atoms with Crippen LogP contribution in [0.3, 0.4) is 0 Å². The minimum atomic E-state index is -4.41. The van der Waals surface area contributed by atoms with Gasteiger partial charge in [-0.3, -0.25) is 0 Å². The van der Waals surface area contributed by atoms with Crippen LogP contribution in [0.1, 0.15) is 38.8 Å². The molecule has 2 unspecified atom stereocenters. The molecule has 1 aliphatic rings. The molecule has 1 aromatic rings. The summed E-state index contributed by atoms with van der Waals surface area (Å²) < 4.78 is 44.0. The summed E-state index contributed by atoms with van der Waals surface area (Å²) in [6.45, 7) is 7.46. The van der Waals surface area contributed by atoms with Gasteiger partial charge < -0.3 is 20.5 Å². The third-order valence-corrected chi connectivity index (χ3v) is 4.92. The third kappa shape index (κ3) is 8.03. The summed E-state index contributed by atoms with van der Waals surface area (Å²) in [4.78, 5) is 12.3. The molecule has 4 atom stereocenters. The Kier molecular flexibility index (Phi) is 8.31. The van der Waals surface area contributed by atoms with E-state index in [9.17, 15) is 23.1 Å². The first-order valence-electron chi connectivity index (χ1n) is 10.3. The third-order valence-electron chi connectivity index (χ3n) is 4.92. The van der Waals surface area contributed by atoms with Crippen LogP contribution in [0.4, 0.5) is 18.0 Å². The highest BCUT2D eigenvalue weighted by Crippen LogP contribution is 2.29. The van der Waals surface area contributed by atoms with Crippen LogP contribution in [0.2, 0.25) is 0 Å². The predicted molar refractivity (Wildman–Crippen MR) is 113 cm³/mol. The number of alkyl halides is 3. The number of aliphatic hydroxyl groups excluding tert-OH is 1. The fraction of sp³-hybridized carbons (Fsp3) is 0.522. The number of carbonyl (C=O) groups is 1. The van der Waals surface area contributed by atoms with Crippen LogP contribution in [0.25, 0.3) is 0 Å². The largest absolute Gasteiger partial charge is 0.444 e. The lowest BCUT2D eigenvalue weighted by Gasteiger charge is -2.34. The van der Waals surface area contributed by atoms with E-state index in [4.69, 9.17) is 4.74 Å². The van der Waals surface area contributed by atoms with Crippen LogP contribution in [0.15, 0.2) is 48.6 Å². The molecule has 0 fully saturated rings. The lowest BCUT2D eigenvalue weighted by Crippen LogP contribution is -2.53. The van der Waals surface area contributed by atoms with Crippen molar-refractivity contribution in [1.82, 2.24) is 10.6 Å². The maximum atomic E-state index is 12.9. The van der Waals surface area contributed by atoms with Gasteiger partial charge in [0.25, 0.3) is 0 Å². The molecule has 0 bridgehead atoms. The van der Waals surface area contributed by atoms with E-state index >= 15 is 0 Å². The minimum absolute atomic E-state index is 0.0723. The van der Waals surface area contributed by atoms with Crippen LogP contribution < -0.4 is 10.6 Å². The first-order valence-corrected chi connectivity index (χ1v) is 10.3. The SMILES string of the molecule is CC1C=CC=CC1[C@H](NC(=O)OC(C)(C)C)[C@H](O)CNCc1cccc(C(F)(F)F)c1. The molecule has 1 aliphatic carbocycles. The van der Waals surface area contributed by atoms with E-state index in [1.807, 2.05) is 31.2 Å². The first-order chi connectivity index (χ1) is 14.4. The van der Waals surface area contributed by atoms with E-state index in [0.717, 1.165) is 12.1 Å². The predicted octanol–water partition coefficient (Wildman–Crippen LogP) is 4.43. The topological polar surface area (TPSA) is 70.6 Å². The standard InChI is InChI=1S/C23H31F3N2O3/c1-15-8-5-6-11-18(15)20(28-21(30)31-22(2,3)4)19(29)14-27-13-16-9-7-10-17(12-16)23(24,25)26/h5-12,15,18-20,27,29H,13-14H2,1-4H3,(H,28,30)/t15?,18?,19-,20+/m1/s1. The Morgan fingerprint density at radius 3 is 2.48 bits per heavy atom. The molecular formula is C23H31F3N2O3. The van der Waals surface area contributed by atoms with E-state index in [1.54, 1.807) is 26.8 Å². The van der Waals surface area contributed by atoms with Gasteiger partial charge >= 0.3 is 12.3 Å². The van der Waals surface area contributed by atoms with E-state index in [0.29, 0.717) is 5.56 Å². The summed E-state index contributed by atoms with van der Waals surface area (Å²) in [5, 5.41) is 16.6. The Bertz CT molecular complexity index is 800. The van der Waals surface area contributed by atoms with Crippen LogP contribution >= 0.6 is 0 Å². The van der Waals surface area contributed by atoms with Crippen LogP contribution in [-0.4, -0.2) is 35.5 Å². The molecule has 0 radical (unpaired) electrons. The second-order valence-electron chi connectivity index (χ2n) is 8.77. The zero-order valence-corrected chi connectivity index (χ0v) is 18.2. The van der Waals surface area contributed by atoms with Gasteiger partial charge in [-0.2, -0.15) is 13.2 Å². The number of aliphatic hydroxyl groups is 1. The minimum Gasteiger partial charge on any atom is -0.444 e. The molecule has 31 heavy (non-hydrogen) atoms. The number of carbonyl (C=O) groups excluding carboxylic acids is 1. The molecule has 1 amide bonds. The monoisotopic (exact) mass is 440 g/mol. The summed E-state index contributed by atoms with van der Waals surface area (Å²) in [6.07, 6.45) is 1.64. The van der Waals surface area contributed by atoms with Gasteiger partial charge in [-0.1, -0.05) is 49.4 Å². The molecule has 172 valence electrons. The zero-order valence-electron chi connectivity index (χ0n) is 18.2. The van der Waals surface area contributed by atoms with Crippen molar-refractivity contribution < 1.29 is 27.8 Å². The van der Waals surface area contributed by atoms with Gasteiger partial charge in [0.05, 0.1) is 17.7 Å². The average molecular weight is 441 g/mol. The Balaban J connectivity index is 2.03. The second kappa shape index (κ2) is 10.3. The van der Waals surface area contributed by atoms with Gasteiger partial charge in [0.2, 0.25) is 0 Å². The number of allylic oxidation sites excluding steroid dienone is 3. The Morgan fingerprint density at radius 1 is 1.19 bits per heavy atom. The molecule has 0 heterocycles. The number of ether oxygens (including phenoxy) is 1. The molecule has 2 rings (SSSR count). The second-order valence-corrected chi connectivity index (χ2v) is 8.77. The highest BCUT2D eigenvalue weighted by atomic mass is 19.4. The summed E-state index contributed by atoms with van der Waals surface area (Å²) >= 11 is 0. The van der Waals surface area contributed by atoms with E-state index < -0.39 is 35.6 Å². The summed E-state index contributed by atoms with van der Waals surface area (Å²) in [5.41, 5.74) is -0.952. The van der Waals surface area contributed by atoms with Gasteiger partial charge in [0, 0.05) is 19.0 Å².